The van der Waals surface area contributed by atoms with Gasteiger partial charge in [-0.15, -0.1) is 0 Å². The second-order valence-electron chi connectivity index (χ2n) is 6.90. The molecule has 0 amide bonds. The molecule has 1 unspecified atom stereocenters. The quantitative estimate of drug-likeness (QED) is 0.260. The van der Waals surface area contributed by atoms with Gasteiger partial charge in [0.05, 0.1) is 19.6 Å². The number of epoxide rings is 1. The highest BCUT2D eigenvalue weighted by atomic mass is 16.6. The molecule has 0 aromatic rings. The Hall–Kier alpha value is -0.0800. The summed E-state index contributed by atoms with van der Waals surface area (Å²) in [5.74, 6) is 0. The van der Waals surface area contributed by atoms with Crippen molar-refractivity contribution in [1.82, 2.24) is 0 Å². The highest BCUT2D eigenvalue weighted by molar-refractivity contribution is 4.78. The Morgan fingerprint density at radius 1 is 0.750 bits per heavy atom. The number of ether oxygens (including phenoxy) is 1. The maximum absolute atomic E-state index is 5.93. The first kappa shape index (κ1) is 18.0. The third kappa shape index (κ3) is 5.04. The molecule has 0 aliphatic carbocycles. The first-order valence-electron chi connectivity index (χ1n) is 9.14. The predicted molar refractivity (Wildman–Crippen MR) is 87.8 cm³/mol. The van der Waals surface area contributed by atoms with Crippen LogP contribution in [0, 0.1) is 0 Å². The van der Waals surface area contributed by atoms with Gasteiger partial charge < -0.3 is 4.74 Å². The molecule has 1 rings (SSSR count). The molecule has 1 aliphatic heterocycles. The van der Waals surface area contributed by atoms with Gasteiger partial charge in [0.2, 0.25) is 5.72 Å². The molecule has 0 aromatic heterocycles. The summed E-state index contributed by atoms with van der Waals surface area (Å²) in [5, 5.41) is 0. The number of rotatable bonds is 13. The third-order valence-corrected chi connectivity index (χ3v) is 5.13. The Kier molecular flexibility index (Phi) is 8.13. The van der Waals surface area contributed by atoms with Crippen molar-refractivity contribution in [2.24, 2.45) is 0 Å². The normalized spacial score (nSPS) is 22.2. The van der Waals surface area contributed by atoms with Crippen LogP contribution in [-0.2, 0) is 4.74 Å². The molecule has 0 bridgehead atoms. The Bertz CT molecular complexity index is 221. The molecule has 0 spiro atoms. The van der Waals surface area contributed by atoms with Crippen molar-refractivity contribution in [3.8, 4) is 0 Å². The van der Waals surface area contributed by atoms with E-state index in [9.17, 15) is 0 Å². The second-order valence-corrected chi connectivity index (χ2v) is 6.90. The van der Waals surface area contributed by atoms with E-state index in [1.807, 2.05) is 0 Å². The van der Waals surface area contributed by atoms with E-state index in [2.05, 4.69) is 27.7 Å². The number of quaternary nitrogens is 1. The minimum atomic E-state index is 0.148. The smallest absolute Gasteiger partial charge is 0.224 e. The van der Waals surface area contributed by atoms with Crippen molar-refractivity contribution < 1.29 is 9.22 Å². The molecular weight excluding hydrogens is 246 g/mol. The Morgan fingerprint density at radius 3 is 1.35 bits per heavy atom. The summed E-state index contributed by atoms with van der Waals surface area (Å²) < 4.78 is 7.17. The Morgan fingerprint density at radius 2 is 1.10 bits per heavy atom. The van der Waals surface area contributed by atoms with Crippen LogP contribution in [0.4, 0.5) is 0 Å². The fraction of sp³-hybridized carbons (Fsp3) is 1.00. The lowest BCUT2D eigenvalue weighted by Gasteiger charge is -2.42. The van der Waals surface area contributed by atoms with Gasteiger partial charge in [-0.2, -0.15) is 0 Å². The fourth-order valence-electron chi connectivity index (χ4n) is 3.42. The van der Waals surface area contributed by atoms with Crippen LogP contribution >= 0.6 is 0 Å². The van der Waals surface area contributed by atoms with E-state index in [0.717, 1.165) is 6.61 Å². The SMILES string of the molecule is CCCCC[N+](CCCCC)(CCCCC)C1(C)CO1. The summed E-state index contributed by atoms with van der Waals surface area (Å²) in [6, 6.07) is 0. The van der Waals surface area contributed by atoms with Crippen LogP contribution in [0.15, 0.2) is 0 Å². The van der Waals surface area contributed by atoms with Gasteiger partial charge in [0.1, 0.15) is 6.61 Å². The third-order valence-electron chi connectivity index (χ3n) is 5.13. The van der Waals surface area contributed by atoms with E-state index in [0.29, 0.717) is 0 Å². The molecule has 0 saturated carbocycles. The van der Waals surface area contributed by atoms with Gasteiger partial charge in [-0.05, 0) is 38.5 Å². The minimum Gasteiger partial charge on any atom is -0.316 e. The molecule has 0 aromatic carbocycles. The largest absolute Gasteiger partial charge is 0.316 e. The van der Waals surface area contributed by atoms with Crippen LogP contribution in [0.25, 0.3) is 0 Å². The molecule has 1 heterocycles. The van der Waals surface area contributed by atoms with E-state index < -0.39 is 0 Å². The predicted octanol–water partition coefficient (Wildman–Crippen LogP) is 5.12. The van der Waals surface area contributed by atoms with Crippen LogP contribution in [0.1, 0.15) is 85.5 Å². The van der Waals surface area contributed by atoms with Gasteiger partial charge in [0, 0.05) is 6.92 Å². The number of hydrogen-bond donors (Lipinski definition) is 0. The van der Waals surface area contributed by atoms with E-state index in [1.165, 1.54) is 81.9 Å². The zero-order valence-electron chi connectivity index (χ0n) is 14.5. The van der Waals surface area contributed by atoms with Gasteiger partial charge in [-0.1, -0.05) is 40.0 Å². The lowest BCUT2D eigenvalue weighted by Crippen LogP contribution is -2.58. The number of hydrogen-bond acceptors (Lipinski definition) is 1. The molecule has 1 saturated heterocycles. The van der Waals surface area contributed by atoms with Crippen LogP contribution in [0.5, 0.6) is 0 Å². The summed E-state index contributed by atoms with van der Waals surface area (Å²) in [4.78, 5) is 0. The summed E-state index contributed by atoms with van der Waals surface area (Å²) in [6.45, 7) is 14.2. The van der Waals surface area contributed by atoms with Gasteiger partial charge in [0.25, 0.3) is 0 Å². The Labute approximate surface area is 127 Å². The van der Waals surface area contributed by atoms with Crippen molar-refractivity contribution >= 4 is 0 Å². The second kappa shape index (κ2) is 9.04. The van der Waals surface area contributed by atoms with Crippen molar-refractivity contribution in [2.45, 2.75) is 91.2 Å². The highest BCUT2D eigenvalue weighted by Crippen LogP contribution is 2.39. The highest BCUT2D eigenvalue weighted by Gasteiger charge is 2.57. The molecule has 1 atom stereocenters. The molecule has 0 N–H and O–H groups in total. The Balaban J connectivity index is 2.64. The van der Waals surface area contributed by atoms with Gasteiger partial charge >= 0.3 is 0 Å². The van der Waals surface area contributed by atoms with Crippen LogP contribution < -0.4 is 0 Å². The molecule has 120 valence electrons. The monoisotopic (exact) mass is 284 g/mol. The van der Waals surface area contributed by atoms with Gasteiger partial charge in [-0.3, -0.25) is 4.48 Å². The number of unbranched alkanes of at least 4 members (excludes halogenated alkanes) is 6. The van der Waals surface area contributed by atoms with Crippen molar-refractivity contribution in [1.29, 1.82) is 0 Å². The maximum atomic E-state index is 5.93. The van der Waals surface area contributed by atoms with Crippen molar-refractivity contribution in [3.63, 3.8) is 0 Å². The van der Waals surface area contributed by atoms with Crippen LogP contribution in [-0.4, -0.2) is 36.4 Å². The molecular formula is C18H38NO+. The standard InChI is InChI=1S/C18H38NO/c1-5-8-11-14-19(15-12-9-6-2,16-13-10-7-3)18(4)17-20-18/h5-17H2,1-4H3/q+1. The van der Waals surface area contributed by atoms with Crippen LogP contribution in [0.3, 0.4) is 0 Å². The molecule has 0 radical (unpaired) electrons. The first-order chi connectivity index (χ1) is 9.64. The zero-order valence-corrected chi connectivity index (χ0v) is 14.5. The molecule has 2 nitrogen and oxygen atoms in total. The van der Waals surface area contributed by atoms with E-state index >= 15 is 0 Å². The van der Waals surface area contributed by atoms with Crippen LogP contribution in [0.2, 0.25) is 0 Å². The van der Waals surface area contributed by atoms with Gasteiger partial charge in [-0.25, -0.2) is 0 Å². The summed E-state index contributed by atoms with van der Waals surface area (Å²) in [7, 11) is 0. The van der Waals surface area contributed by atoms with Crippen molar-refractivity contribution in [2.75, 3.05) is 26.2 Å². The zero-order chi connectivity index (χ0) is 14.9. The average Bonchev–Trinajstić information content (AvgIpc) is 3.18. The topological polar surface area (TPSA) is 12.5 Å². The maximum Gasteiger partial charge on any atom is 0.224 e. The van der Waals surface area contributed by atoms with Gasteiger partial charge in [0.15, 0.2) is 0 Å². The summed E-state index contributed by atoms with van der Waals surface area (Å²) in [6.07, 6.45) is 12.2. The van der Waals surface area contributed by atoms with Crippen molar-refractivity contribution in [3.05, 3.63) is 0 Å². The van der Waals surface area contributed by atoms with E-state index in [-0.39, 0.29) is 5.72 Å². The minimum absolute atomic E-state index is 0.148. The lowest BCUT2D eigenvalue weighted by molar-refractivity contribution is -0.970. The fourth-order valence-corrected chi connectivity index (χ4v) is 3.42. The first-order valence-corrected chi connectivity index (χ1v) is 9.14. The molecule has 20 heavy (non-hydrogen) atoms. The summed E-state index contributed by atoms with van der Waals surface area (Å²) in [5.41, 5.74) is 0.148. The summed E-state index contributed by atoms with van der Waals surface area (Å²) >= 11 is 0. The molecule has 1 aliphatic rings. The van der Waals surface area contributed by atoms with E-state index in [1.54, 1.807) is 0 Å². The lowest BCUT2D eigenvalue weighted by atomic mass is 10.1. The van der Waals surface area contributed by atoms with E-state index in [4.69, 9.17) is 4.74 Å². The number of nitrogens with zero attached hydrogens (tertiary/aromatic N) is 1. The molecule has 2 heteroatoms. The molecule has 1 fully saturated rings. The average molecular weight is 285 g/mol.